The monoisotopic (exact) mass is 397 g/mol. The van der Waals surface area contributed by atoms with Crippen LogP contribution in [0.4, 0.5) is 0 Å². The molecule has 0 radical (unpaired) electrons. The Morgan fingerprint density at radius 1 is 1.10 bits per heavy atom. The van der Waals surface area contributed by atoms with Crippen LogP contribution in [0.2, 0.25) is 0 Å². The normalized spacial score (nSPS) is 27.7. The van der Waals surface area contributed by atoms with E-state index < -0.39 is 0 Å². The van der Waals surface area contributed by atoms with Gasteiger partial charge >= 0.3 is 5.97 Å². The number of hydrogen-bond acceptors (Lipinski definition) is 4. The molecular formula is C25H35NO3. The fourth-order valence-corrected chi connectivity index (χ4v) is 5.03. The van der Waals surface area contributed by atoms with Gasteiger partial charge in [0.15, 0.2) is 0 Å². The summed E-state index contributed by atoms with van der Waals surface area (Å²) in [6.07, 6.45) is 13.6. The first-order valence-corrected chi connectivity index (χ1v) is 11.4. The molecule has 0 spiro atoms. The standard InChI is InChI=1S/C25H35NO3/c1-3-4-18-5-9-20(10-6-18)22-13-14-24(23(15-22)16-26-2)29-25(28)21-11-7-19(17-27)8-12-21/h13-21H,3-12H2,1-2H3. The minimum absolute atomic E-state index is 0.105. The molecule has 0 bridgehead atoms. The largest absolute Gasteiger partial charge is 0.426 e. The summed E-state index contributed by atoms with van der Waals surface area (Å²) in [7, 11) is 1.74. The molecule has 0 unspecified atom stereocenters. The third kappa shape index (κ3) is 5.77. The lowest BCUT2D eigenvalue weighted by Gasteiger charge is -2.29. The minimum Gasteiger partial charge on any atom is -0.426 e. The molecule has 2 fully saturated rings. The van der Waals surface area contributed by atoms with Gasteiger partial charge in [-0.3, -0.25) is 9.79 Å². The van der Waals surface area contributed by atoms with Crippen LogP contribution in [0.3, 0.4) is 0 Å². The van der Waals surface area contributed by atoms with Crippen LogP contribution in [0.5, 0.6) is 5.75 Å². The van der Waals surface area contributed by atoms with E-state index in [9.17, 15) is 9.59 Å². The Balaban J connectivity index is 1.65. The molecule has 3 rings (SSSR count). The molecule has 0 amide bonds. The fourth-order valence-electron chi connectivity index (χ4n) is 5.03. The van der Waals surface area contributed by atoms with Crippen molar-refractivity contribution in [2.45, 2.75) is 77.0 Å². The van der Waals surface area contributed by atoms with Gasteiger partial charge in [0.25, 0.3) is 0 Å². The van der Waals surface area contributed by atoms with Crippen LogP contribution >= 0.6 is 0 Å². The Bertz CT molecular complexity index is 711. The van der Waals surface area contributed by atoms with Crippen LogP contribution in [-0.2, 0) is 9.59 Å². The molecule has 1 aromatic carbocycles. The van der Waals surface area contributed by atoms with Gasteiger partial charge in [0.05, 0.1) is 5.92 Å². The number of hydrogen-bond donors (Lipinski definition) is 0. The Hall–Kier alpha value is -1.97. The number of carbonyl (C=O) groups is 2. The van der Waals surface area contributed by atoms with E-state index in [1.807, 2.05) is 6.07 Å². The molecule has 0 saturated heterocycles. The first-order chi connectivity index (χ1) is 14.1. The lowest BCUT2D eigenvalue weighted by atomic mass is 9.77. The van der Waals surface area contributed by atoms with Crippen LogP contribution in [0.25, 0.3) is 0 Å². The second kappa shape index (κ2) is 10.7. The molecule has 2 aliphatic carbocycles. The van der Waals surface area contributed by atoms with Gasteiger partial charge in [-0.25, -0.2) is 0 Å². The van der Waals surface area contributed by atoms with E-state index in [1.165, 1.54) is 44.1 Å². The smallest absolute Gasteiger partial charge is 0.314 e. The Labute approximate surface area is 175 Å². The number of nitrogens with zero attached hydrogens (tertiary/aromatic N) is 1. The van der Waals surface area contributed by atoms with Crippen molar-refractivity contribution in [1.82, 2.24) is 0 Å². The molecule has 4 heteroatoms. The first kappa shape index (κ1) is 21.7. The van der Waals surface area contributed by atoms with Crippen molar-refractivity contribution >= 4 is 18.5 Å². The lowest BCUT2D eigenvalue weighted by molar-refractivity contribution is -0.140. The van der Waals surface area contributed by atoms with Crippen LogP contribution in [-0.4, -0.2) is 25.5 Å². The van der Waals surface area contributed by atoms with Crippen LogP contribution < -0.4 is 4.74 Å². The van der Waals surface area contributed by atoms with E-state index in [0.717, 1.165) is 43.5 Å². The highest BCUT2D eigenvalue weighted by atomic mass is 16.5. The number of carbonyl (C=O) groups excluding carboxylic acids is 2. The van der Waals surface area contributed by atoms with Gasteiger partial charge in [-0.1, -0.05) is 25.8 Å². The van der Waals surface area contributed by atoms with E-state index >= 15 is 0 Å². The van der Waals surface area contributed by atoms with Gasteiger partial charge in [-0.05, 0) is 80.9 Å². The zero-order valence-corrected chi connectivity index (χ0v) is 17.9. The molecule has 29 heavy (non-hydrogen) atoms. The number of aldehydes is 1. The molecule has 0 N–H and O–H groups in total. The van der Waals surface area contributed by atoms with Gasteiger partial charge in [0.2, 0.25) is 0 Å². The second-order valence-corrected chi connectivity index (χ2v) is 8.86. The molecule has 2 saturated carbocycles. The average Bonchev–Trinajstić information content (AvgIpc) is 2.76. The zero-order valence-electron chi connectivity index (χ0n) is 17.9. The molecule has 158 valence electrons. The summed E-state index contributed by atoms with van der Waals surface area (Å²) in [5.74, 6) is 1.91. The van der Waals surface area contributed by atoms with Crippen molar-refractivity contribution in [2.75, 3.05) is 7.05 Å². The highest BCUT2D eigenvalue weighted by Gasteiger charge is 2.28. The number of rotatable bonds is 7. The van der Waals surface area contributed by atoms with Crippen LogP contribution in [0, 0.1) is 17.8 Å². The maximum Gasteiger partial charge on any atom is 0.314 e. The summed E-state index contributed by atoms with van der Waals surface area (Å²) >= 11 is 0. The third-order valence-corrected chi connectivity index (χ3v) is 6.83. The van der Waals surface area contributed by atoms with Crippen molar-refractivity contribution in [3.63, 3.8) is 0 Å². The van der Waals surface area contributed by atoms with Crippen LogP contribution in [0.15, 0.2) is 23.2 Å². The summed E-state index contributed by atoms with van der Waals surface area (Å²) < 4.78 is 5.78. The van der Waals surface area contributed by atoms with E-state index in [0.29, 0.717) is 11.7 Å². The number of esters is 1. The highest BCUT2D eigenvalue weighted by molar-refractivity contribution is 5.86. The maximum absolute atomic E-state index is 12.6. The van der Waals surface area contributed by atoms with Gasteiger partial charge < -0.3 is 9.53 Å². The second-order valence-electron chi connectivity index (χ2n) is 8.86. The van der Waals surface area contributed by atoms with E-state index in [4.69, 9.17) is 4.74 Å². The molecular weight excluding hydrogens is 362 g/mol. The molecule has 0 aliphatic heterocycles. The average molecular weight is 398 g/mol. The summed E-state index contributed by atoms with van der Waals surface area (Å²) in [6, 6.07) is 6.23. The number of benzene rings is 1. The van der Waals surface area contributed by atoms with Gasteiger partial charge in [-0.15, -0.1) is 0 Å². The quantitative estimate of drug-likeness (QED) is 0.256. The van der Waals surface area contributed by atoms with Crippen molar-refractivity contribution in [2.24, 2.45) is 22.7 Å². The third-order valence-electron chi connectivity index (χ3n) is 6.83. The topological polar surface area (TPSA) is 55.7 Å². The molecule has 2 aliphatic rings. The number of aliphatic imine (C=N–C) groups is 1. The van der Waals surface area contributed by atoms with Crippen molar-refractivity contribution in [1.29, 1.82) is 0 Å². The van der Waals surface area contributed by atoms with Gasteiger partial charge in [-0.2, -0.15) is 0 Å². The van der Waals surface area contributed by atoms with Gasteiger partial charge in [0.1, 0.15) is 12.0 Å². The highest BCUT2D eigenvalue weighted by Crippen LogP contribution is 2.38. The fraction of sp³-hybridized carbons (Fsp3) is 0.640. The van der Waals surface area contributed by atoms with Crippen LogP contribution in [0.1, 0.15) is 88.2 Å². The SMILES string of the molecule is CCCC1CCC(c2ccc(OC(=O)C3CCC(C=O)CC3)c(C=NC)c2)CC1. The predicted octanol–water partition coefficient (Wildman–Crippen LogP) is 5.72. The first-order valence-electron chi connectivity index (χ1n) is 11.4. The zero-order chi connectivity index (χ0) is 20.6. The summed E-state index contributed by atoms with van der Waals surface area (Å²) in [4.78, 5) is 27.7. The molecule has 0 aromatic heterocycles. The van der Waals surface area contributed by atoms with E-state index in [-0.39, 0.29) is 17.8 Å². The summed E-state index contributed by atoms with van der Waals surface area (Å²) in [6.45, 7) is 2.27. The Morgan fingerprint density at radius 3 is 2.45 bits per heavy atom. The van der Waals surface area contributed by atoms with Crippen molar-refractivity contribution < 1.29 is 14.3 Å². The van der Waals surface area contributed by atoms with E-state index in [1.54, 1.807) is 13.3 Å². The minimum atomic E-state index is -0.173. The van der Waals surface area contributed by atoms with Crippen molar-refractivity contribution in [3.8, 4) is 5.75 Å². The predicted molar refractivity (Wildman–Crippen MR) is 117 cm³/mol. The molecule has 0 atom stereocenters. The summed E-state index contributed by atoms with van der Waals surface area (Å²) in [5.41, 5.74) is 2.22. The summed E-state index contributed by atoms with van der Waals surface area (Å²) in [5, 5.41) is 0. The Kier molecular flexibility index (Phi) is 8.02. The lowest BCUT2D eigenvalue weighted by Crippen LogP contribution is -2.26. The van der Waals surface area contributed by atoms with Crippen molar-refractivity contribution in [3.05, 3.63) is 29.3 Å². The Morgan fingerprint density at radius 2 is 1.83 bits per heavy atom. The molecule has 1 aromatic rings. The van der Waals surface area contributed by atoms with Gasteiger partial charge in [0, 0.05) is 24.7 Å². The van der Waals surface area contributed by atoms with E-state index in [2.05, 4.69) is 24.0 Å². The molecule has 0 heterocycles. The molecule has 4 nitrogen and oxygen atoms in total. The maximum atomic E-state index is 12.6. The number of ether oxygens (including phenoxy) is 1.